The molecule has 1 aliphatic carbocycles. The second-order valence-electron chi connectivity index (χ2n) is 7.65. The van der Waals surface area contributed by atoms with E-state index in [4.69, 9.17) is 25.5 Å². The Balaban J connectivity index is 2.04. The molecular formula is C15H25ClO5Si. The minimum Gasteiger partial charge on any atom is -0.461 e. The molecule has 0 aromatic rings. The highest BCUT2D eigenvalue weighted by Crippen LogP contribution is 2.44. The van der Waals surface area contributed by atoms with Crippen LogP contribution in [0, 0.1) is 5.92 Å². The molecule has 2 rings (SSSR count). The van der Waals surface area contributed by atoms with Gasteiger partial charge >= 0.3 is 11.9 Å². The van der Waals surface area contributed by atoms with Crippen LogP contribution in [0.3, 0.4) is 0 Å². The number of hydrogen-bond acceptors (Lipinski definition) is 5. The maximum absolute atomic E-state index is 12.1. The number of rotatable bonds is 4. The number of carbonyl (C=O) groups excluding carboxylic acids is 2. The van der Waals surface area contributed by atoms with Gasteiger partial charge in [-0.15, -0.1) is 11.6 Å². The van der Waals surface area contributed by atoms with Crippen LogP contribution in [-0.4, -0.2) is 44.4 Å². The molecule has 5 nitrogen and oxygen atoms in total. The summed E-state index contributed by atoms with van der Waals surface area (Å²) < 4.78 is 17.0. The van der Waals surface area contributed by atoms with Gasteiger partial charge in [0.1, 0.15) is 24.2 Å². The van der Waals surface area contributed by atoms with E-state index in [0.29, 0.717) is 12.8 Å². The molecule has 1 saturated heterocycles. The molecule has 0 amide bonds. The lowest BCUT2D eigenvalue weighted by atomic mass is 10.0. The lowest BCUT2D eigenvalue weighted by Crippen LogP contribution is -2.46. The van der Waals surface area contributed by atoms with Gasteiger partial charge in [0.05, 0.1) is 0 Å². The van der Waals surface area contributed by atoms with Crippen molar-refractivity contribution >= 4 is 31.9 Å². The molecule has 1 saturated carbocycles. The molecule has 0 spiro atoms. The van der Waals surface area contributed by atoms with Gasteiger partial charge in [-0.25, -0.2) is 4.79 Å². The summed E-state index contributed by atoms with van der Waals surface area (Å²) in [7, 11) is -2.06. The number of hydrogen-bond donors (Lipinski definition) is 0. The van der Waals surface area contributed by atoms with E-state index in [9.17, 15) is 9.59 Å². The summed E-state index contributed by atoms with van der Waals surface area (Å²) in [5, 5.41) is 0.0223. The Labute approximate surface area is 137 Å². The van der Waals surface area contributed by atoms with E-state index in [2.05, 4.69) is 33.9 Å². The van der Waals surface area contributed by atoms with Crippen molar-refractivity contribution < 1.29 is 23.5 Å². The zero-order chi connectivity index (χ0) is 16.7. The van der Waals surface area contributed by atoms with Gasteiger partial charge in [0.25, 0.3) is 0 Å². The molecule has 4 atom stereocenters. The van der Waals surface area contributed by atoms with Gasteiger partial charge in [-0.1, -0.05) is 20.8 Å². The number of alkyl halides is 1. The molecule has 0 aromatic carbocycles. The van der Waals surface area contributed by atoms with E-state index >= 15 is 0 Å². The highest BCUT2D eigenvalue weighted by atomic mass is 35.5. The number of fused-ring (bicyclic) bond motifs is 1. The van der Waals surface area contributed by atoms with Crippen LogP contribution in [-0.2, 0) is 23.5 Å². The summed E-state index contributed by atoms with van der Waals surface area (Å²) in [6.07, 6.45) is 0.148. The van der Waals surface area contributed by atoms with Crippen molar-refractivity contribution in [2.24, 2.45) is 5.92 Å². The fourth-order valence-corrected chi connectivity index (χ4v) is 4.10. The van der Waals surface area contributed by atoms with Crippen LogP contribution in [0.5, 0.6) is 0 Å². The Hall–Kier alpha value is -0.593. The molecule has 22 heavy (non-hydrogen) atoms. The molecule has 2 aliphatic rings. The Morgan fingerprint density at radius 2 is 2.00 bits per heavy atom. The topological polar surface area (TPSA) is 61.8 Å². The monoisotopic (exact) mass is 348 g/mol. The van der Waals surface area contributed by atoms with Gasteiger partial charge in [0.2, 0.25) is 0 Å². The zero-order valence-corrected chi connectivity index (χ0v) is 15.6. The van der Waals surface area contributed by atoms with Crippen molar-refractivity contribution in [3.05, 3.63) is 0 Å². The summed E-state index contributed by atoms with van der Waals surface area (Å²) >= 11 is 5.46. The molecule has 126 valence electrons. The third-order valence-electron chi connectivity index (χ3n) is 5.03. The van der Waals surface area contributed by atoms with E-state index in [1.807, 2.05) is 0 Å². The molecule has 0 N–H and O–H groups in total. The van der Waals surface area contributed by atoms with Gasteiger partial charge < -0.3 is 13.9 Å². The lowest BCUT2D eigenvalue weighted by molar-refractivity contribution is -0.150. The first kappa shape index (κ1) is 17.8. The average molecular weight is 349 g/mol. The summed E-state index contributed by atoms with van der Waals surface area (Å²) in [6, 6.07) is 0. The Morgan fingerprint density at radius 1 is 1.36 bits per heavy atom. The number of ether oxygens (including phenoxy) is 2. The number of esters is 2. The van der Waals surface area contributed by atoms with Gasteiger partial charge in [-0.2, -0.15) is 0 Å². The summed E-state index contributed by atoms with van der Waals surface area (Å²) in [4.78, 5) is 23.4. The predicted molar refractivity (Wildman–Crippen MR) is 85.3 cm³/mol. The van der Waals surface area contributed by atoms with E-state index in [0.717, 1.165) is 0 Å². The van der Waals surface area contributed by atoms with Crippen LogP contribution in [0.25, 0.3) is 0 Å². The van der Waals surface area contributed by atoms with Crippen molar-refractivity contribution in [2.45, 2.75) is 70.1 Å². The second kappa shape index (κ2) is 6.13. The largest absolute Gasteiger partial charge is 0.461 e. The van der Waals surface area contributed by atoms with E-state index in [-0.39, 0.29) is 35.0 Å². The molecule has 1 heterocycles. The number of carbonyl (C=O) groups is 2. The molecule has 2 fully saturated rings. The highest BCUT2D eigenvalue weighted by Gasteiger charge is 2.54. The Bertz CT molecular complexity index is 459. The van der Waals surface area contributed by atoms with Crippen LogP contribution in [0.15, 0.2) is 0 Å². The fraction of sp³-hybridized carbons (Fsp3) is 0.867. The van der Waals surface area contributed by atoms with Crippen molar-refractivity contribution in [3.63, 3.8) is 0 Å². The molecule has 1 aliphatic heterocycles. The third-order valence-corrected chi connectivity index (χ3v) is 9.71. The standard InChI is InChI=1S/C15H25ClO5Si/c1-15(2,3)22(4,5)21-13-10-6-9(19-12(17)8-16)7-11(10)20-14(13)18/h9-11,13H,6-8H2,1-5H3/t9-,10+,11-,13+/m0/s1. The van der Waals surface area contributed by atoms with Crippen LogP contribution in [0.1, 0.15) is 33.6 Å². The van der Waals surface area contributed by atoms with E-state index in [1.165, 1.54) is 0 Å². The fourth-order valence-electron chi connectivity index (χ4n) is 2.77. The Morgan fingerprint density at radius 3 is 2.55 bits per heavy atom. The predicted octanol–water partition coefficient (Wildman–Crippen LogP) is 2.86. The molecule has 0 radical (unpaired) electrons. The van der Waals surface area contributed by atoms with Crippen LogP contribution < -0.4 is 0 Å². The smallest absolute Gasteiger partial charge is 0.334 e. The number of halogens is 1. The third kappa shape index (κ3) is 3.49. The molecule has 0 bridgehead atoms. The normalized spacial score (nSPS) is 31.8. The zero-order valence-electron chi connectivity index (χ0n) is 13.8. The minimum atomic E-state index is -2.06. The summed E-state index contributed by atoms with van der Waals surface area (Å²) in [6.45, 7) is 10.6. The first-order chi connectivity index (χ1) is 10.0. The Kier molecular flexibility index (Phi) is 4.95. The van der Waals surface area contributed by atoms with Gasteiger partial charge in [-0.05, 0) is 24.6 Å². The maximum Gasteiger partial charge on any atom is 0.334 e. The van der Waals surface area contributed by atoms with Crippen molar-refractivity contribution in [1.29, 1.82) is 0 Å². The van der Waals surface area contributed by atoms with Crippen LogP contribution in [0.4, 0.5) is 0 Å². The van der Waals surface area contributed by atoms with Gasteiger partial charge in [0, 0.05) is 12.3 Å². The van der Waals surface area contributed by atoms with E-state index < -0.39 is 20.4 Å². The first-order valence-electron chi connectivity index (χ1n) is 7.69. The summed E-state index contributed by atoms with van der Waals surface area (Å²) in [5.74, 6) is -0.897. The van der Waals surface area contributed by atoms with Crippen molar-refractivity contribution in [2.75, 3.05) is 5.88 Å². The van der Waals surface area contributed by atoms with Crippen LogP contribution >= 0.6 is 11.6 Å². The SMILES string of the molecule is CC(C)(C)[Si](C)(C)O[C@H]1C(=O)O[C@H]2C[C@@H](OC(=O)CCl)C[C@H]21. The quantitative estimate of drug-likeness (QED) is 0.444. The van der Waals surface area contributed by atoms with Crippen LogP contribution in [0.2, 0.25) is 18.1 Å². The second-order valence-corrected chi connectivity index (χ2v) is 12.7. The average Bonchev–Trinajstić information content (AvgIpc) is 2.87. The highest BCUT2D eigenvalue weighted by molar-refractivity contribution is 6.74. The molecular weight excluding hydrogens is 324 g/mol. The van der Waals surface area contributed by atoms with Gasteiger partial charge in [0.15, 0.2) is 8.32 Å². The first-order valence-corrected chi connectivity index (χ1v) is 11.1. The minimum absolute atomic E-state index is 0.0223. The maximum atomic E-state index is 12.1. The van der Waals surface area contributed by atoms with Crippen molar-refractivity contribution in [3.8, 4) is 0 Å². The lowest BCUT2D eigenvalue weighted by Gasteiger charge is -2.38. The van der Waals surface area contributed by atoms with Gasteiger partial charge in [-0.3, -0.25) is 4.79 Å². The molecule has 0 unspecified atom stereocenters. The molecule has 7 heteroatoms. The van der Waals surface area contributed by atoms with E-state index in [1.54, 1.807) is 0 Å². The molecule has 0 aromatic heterocycles. The summed E-state index contributed by atoms with van der Waals surface area (Å²) in [5.41, 5.74) is 0. The van der Waals surface area contributed by atoms with Crippen molar-refractivity contribution in [1.82, 2.24) is 0 Å².